The van der Waals surface area contributed by atoms with Crippen LogP contribution in [0.15, 0.2) is 0 Å². The molecule has 10 heavy (non-hydrogen) atoms. The van der Waals surface area contributed by atoms with Crippen LogP contribution in [0.3, 0.4) is 0 Å². The molecular formula is C7H18O2S. The third-order valence-corrected chi connectivity index (χ3v) is 1.90. The fraction of sp³-hybridized carbons (Fsp3) is 1.00. The van der Waals surface area contributed by atoms with Gasteiger partial charge in [0.25, 0.3) is 0 Å². The van der Waals surface area contributed by atoms with Crippen molar-refractivity contribution >= 4 is 9.84 Å². The van der Waals surface area contributed by atoms with E-state index >= 15 is 0 Å². The van der Waals surface area contributed by atoms with E-state index in [1.165, 1.54) is 6.26 Å². The summed E-state index contributed by atoms with van der Waals surface area (Å²) in [5, 5.41) is 0. The Morgan fingerprint density at radius 3 is 1.70 bits per heavy atom. The molecule has 0 bridgehead atoms. The van der Waals surface area contributed by atoms with E-state index < -0.39 is 9.84 Å². The van der Waals surface area contributed by atoms with Crippen LogP contribution < -0.4 is 0 Å². The van der Waals surface area contributed by atoms with Crippen LogP contribution in [0.5, 0.6) is 0 Å². The van der Waals surface area contributed by atoms with E-state index in [4.69, 9.17) is 0 Å². The van der Waals surface area contributed by atoms with Gasteiger partial charge in [0.15, 0.2) is 0 Å². The molecule has 0 aromatic carbocycles. The Balaban J connectivity index is 0. The molecule has 0 spiro atoms. The van der Waals surface area contributed by atoms with Crippen molar-refractivity contribution < 1.29 is 8.42 Å². The molecule has 0 radical (unpaired) electrons. The standard InChI is InChI=1S/C5H12O2S.C2H6/c1-3-4-5-8(2,6)7;1-2/h3-5H2,1-2H3;1-2H3. The van der Waals surface area contributed by atoms with Crippen molar-refractivity contribution in [3.05, 3.63) is 0 Å². The summed E-state index contributed by atoms with van der Waals surface area (Å²) in [7, 11) is -2.69. The Hall–Kier alpha value is -0.0500. The second kappa shape index (κ2) is 7.06. The van der Waals surface area contributed by atoms with Gasteiger partial charge in [-0.05, 0) is 6.42 Å². The Kier molecular flexibility index (Phi) is 8.91. The van der Waals surface area contributed by atoms with Gasteiger partial charge in [-0.1, -0.05) is 27.2 Å². The van der Waals surface area contributed by atoms with E-state index in [-0.39, 0.29) is 0 Å². The van der Waals surface area contributed by atoms with Gasteiger partial charge in [0.2, 0.25) is 0 Å². The molecule has 0 N–H and O–H groups in total. The van der Waals surface area contributed by atoms with Crippen molar-refractivity contribution in [2.45, 2.75) is 33.6 Å². The summed E-state index contributed by atoms with van der Waals surface area (Å²) < 4.78 is 20.8. The third kappa shape index (κ3) is 15.7. The average molecular weight is 166 g/mol. The molecule has 0 aliphatic carbocycles. The van der Waals surface area contributed by atoms with Crippen LogP contribution in [0.2, 0.25) is 0 Å². The van der Waals surface area contributed by atoms with E-state index in [1.54, 1.807) is 0 Å². The Bertz CT molecular complexity index is 136. The van der Waals surface area contributed by atoms with Gasteiger partial charge in [0, 0.05) is 12.0 Å². The van der Waals surface area contributed by atoms with Gasteiger partial charge in [-0.2, -0.15) is 0 Å². The molecule has 0 unspecified atom stereocenters. The number of hydrogen-bond acceptors (Lipinski definition) is 2. The first-order chi connectivity index (χ1) is 4.56. The van der Waals surface area contributed by atoms with Crippen LogP contribution in [0.4, 0.5) is 0 Å². The minimum Gasteiger partial charge on any atom is -0.229 e. The number of hydrogen-bond donors (Lipinski definition) is 0. The first-order valence-corrected chi connectivity index (χ1v) is 5.80. The van der Waals surface area contributed by atoms with E-state index in [0.29, 0.717) is 5.75 Å². The first-order valence-electron chi connectivity index (χ1n) is 3.74. The summed E-state index contributed by atoms with van der Waals surface area (Å²) in [5.74, 6) is 0.337. The summed E-state index contributed by atoms with van der Waals surface area (Å²) in [6.07, 6.45) is 3.01. The Morgan fingerprint density at radius 2 is 1.60 bits per heavy atom. The van der Waals surface area contributed by atoms with E-state index in [1.807, 2.05) is 20.8 Å². The predicted molar refractivity (Wildman–Crippen MR) is 46.0 cm³/mol. The van der Waals surface area contributed by atoms with Crippen LogP contribution in [0, 0.1) is 0 Å². The predicted octanol–water partition coefficient (Wildman–Crippen LogP) is 1.86. The fourth-order valence-electron chi connectivity index (χ4n) is 0.407. The van der Waals surface area contributed by atoms with Crippen LogP contribution >= 0.6 is 0 Å². The molecule has 0 fully saturated rings. The van der Waals surface area contributed by atoms with Gasteiger partial charge in [0.1, 0.15) is 9.84 Å². The molecule has 0 aromatic heterocycles. The maximum atomic E-state index is 10.4. The van der Waals surface area contributed by atoms with Gasteiger partial charge in [-0.25, -0.2) is 8.42 Å². The zero-order valence-corrected chi connectivity index (χ0v) is 8.16. The lowest BCUT2D eigenvalue weighted by Gasteiger charge is -1.91. The van der Waals surface area contributed by atoms with Crippen molar-refractivity contribution in [2.75, 3.05) is 12.0 Å². The van der Waals surface area contributed by atoms with Crippen LogP contribution in [-0.4, -0.2) is 20.4 Å². The summed E-state index contributed by atoms with van der Waals surface area (Å²) in [6, 6.07) is 0. The molecule has 0 saturated heterocycles. The second-order valence-corrected chi connectivity index (χ2v) is 4.24. The molecule has 0 aliphatic rings. The van der Waals surface area contributed by atoms with Gasteiger partial charge in [-0.3, -0.25) is 0 Å². The lowest BCUT2D eigenvalue weighted by Crippen LogP contribution is -2.01. The molecule has 3 heteroatoms. The SMILES string of the molecule is CC.CCCCS(C)(=O)=O. The lowest BCUT2D eigenvalue weighted by atomic mass is 10.4. The first kappa shape index (κ1) is 12.6. The van der Waals surface area contributed by atoms with Crippen molar-refractivity contribution in [3.8, 4) is 0 Å². The number of unbranched alkanes of at least 4 members (excludes halogenated alkanes) is 1. The smallest absolute Gasteiger partial charge is 0.147 e. The molecule has 64 valence electrons. The second-order valence-electron chi connectivity index (χ2n) is 1.98. The van der Waals surface area contributed by atoms with Gasteiger partial charge >= 0.3 is 0 Å². The quantitative estimate of drug-likeness (QED) is 0.641. The van der Waals surface area contributed by atoms with Crippen LogP contribution in [-0.2, 0) is 9.84 Å². The zero-order chi connectivity index (χ0) is 8.62. The Morgan fingerprint density at radius 1 is 1.20 bits per heavy atom. The highest BCUT2D eigenvalue weighted by atomic mass is 32.2. The summed E-state index contributed by atoms with van der Waals surface area (Å²) in [4.78, 5) is 0. The summed E-state index contributed by atoms with van der Waals surface area (Å²) in [5.41, 5.74) is 0. The highest BCUT2D eigenvalue weighted by Gasteiger charge is 1.97. The normalized spacial score (nSPS) is 10.0. The maximum Gasteiger partial charge on any atom is 0.147 e. The molecule has 0 saturated carbocycles. The Labute approximate surface area is 64.6 Å². The van der Waals surface area contributed by atoms with Crippen LogP contribution in [0.1, 0.15) is 33.6 Å². The topological polar surface area (TPSA) is 34.1 Å². The van der Waals surface area contributed by atoms with E-state index in [0.717, 1.165) is 12.8 Å². The monoisotopic (exact) mass is 166 g/mol. The van der Waals surface area contributed by atoms with Crippen molar-refractivity contribution in [2.24, 2.45) is 0 Å². The van der Waals surface area contributed by atoms with E-state index in [9.17, 15) is 8.42 Å². The summed E-state index contributed by atoms with van der Waals surface area (Å²) in [6.45, 7) is 5.98. The zero-order valence-electron chi connectivity index (χ0n) is 7.35. The van der Waals surface area contributed by atoms with Crippen LogP contribution in [0.25, 0.3) is 0 Å². The molecule has 0 aliphatic heterocycles. The van der Waals surface area contributed by atoms with E-state index in [2.05, 4.69) is 0 Å². The average Bonchev–Trinajstić information content (AvgIpc) is 1.87. The molecule has 0 rings (SSSR count). The fourth-order valence-corrected chi connectivity index (χ4v) is 1.22. The summed E-state index contributed by atoms with van der Waals surface area (Å²) >= 11 is 0. The highest BCUT2D eigenvalue weighted by molar-refractivity contribution is 7.90. The molecule has 2 nitrogen and oxygen atoms in total. The minimum atomic E-state index is -2.69. The minimum absolute atomic E-state index is 0.337. The third-order valence-electron chi connectivity index (χ3n) is 0.869. The van der Waals surface area contributed by atoms with Crippen molar-refractivity contribution in [1.82, 2.24) is 0 Å². The molecule has 0 heterocycles. The number of rotatable bonds is 3. The van der Waals surface area contributed by atoms with Crippen molar-refractivity contribution in [1.29, 1.82) is 0 Å². The maximum absolute atomic E-state index is 10.4. The molecule has 0 amide bonds. The highest BCUT2D eigenvalue weighted by Crippen LogP contribution is 1.91. The van der Waals surface area contributed by atoms with Gasteiger partial charge < -0.3 is 0 Å². The molecule has 0 aromatic rings. The molecule has 0 atom stereocenters. The number of sulfone groups is 1. The lowest BCUT2D eigenvalue weighted by molar-refractivity contribution is 0.598. The largest absolute Gasteiger partial charge is 0.229 e. The van der Waals surface area contributed by atoms with Crippen molar-refractivity contribution in [3.63, 3.8) is 0 Å². The van der Waals surface area contributed by atoms with Gasteiger partial charge in [0.05, 0.1) is 0 Å². The van der Waals surface area contributed by atoms with Gasteiger partial charge in [-0.15, -0.1) is 0 Å². The molecular weight excluding hydrogens is 148 g/mol.